The second-order valence-electron chi connectivity index (χ2n) is 2.95. The van der Waals surface area contributed by atoms with Crippen LogP contribution in [0.2, 0.25) is 0 Å². The van der Waals surface area contributed by atoms with Gasteiger partial charge in [-0.2, -0.15) is 0 Å². The second-order valence-corrected chi connectivity index (χ2v) is 2.95. The Morgan fingerprint density at radius 3 is 3.10 bits per heavy atom. The third-order valence-corrected chi connectivity index (χ3v) is 2.23. The van der Waals surface area contributed by atoms with E-state index in [0.717, 1.165) is 25.3 Å². The van der Waals surface area contributed by atoms with E-state index < -0.39 is 0 Å². The van der Waals surface area contributed by atoms with Gasteiger partial charge < -0.3 is 5.32 Å². The molecule has 0 aliphatic carbocycles. The SMILES string of the molecule is CC[C@@H]1CCNC(=O)CC1. The molecule has 58 valence electrons. The van der Waals surface area contributed by atoms with Crippen molar-refractivity contribution in [2.75, 3.05) is 6.54 Å². The van der Waals surface area contributed by atoms with Gasteiger partial charge in [0.25, 0.3) is 0 Å². The fraction of sp³-hybridized carbons (Fsp3) is 0.875. The van der Waals surface area contributed by atoms with Gasteiger partial charge in [0, 0.05) is 13.0 Å². The fourth-order valence-electron chi connectivity index (χ4n) is 1.39. The first kappa shape index (κ1) is 7.58. The topological polar surface area (TPSA) is 29.1 Å². The molecular formula is C8H15NO. The molecular weight excluding hydrogens is 126 g/mol. The molecule has 1 heterocycles. The Morgan fingerprint density at radius 2 is 2.40 bits per heavy atom. The maximum Gasteiger partial charge on any atom is 0.220 e. The summed E-state index contributed by atoms with van der Waals surface area (Å²) in [6.07, 6.45) is 4.21. The Kier molecular flexibility index (Phi) is 2.72. The van der Waals surface area contributed by atoms with Crippen LogP contribution in [0.5, 0.6) is 0 Å². The highest BCUT2D eigenvalue weighted by Crippen LogP contribution is 2.16. The average molecular weight is 141 g/mol. The van der Waals surface area contributed by atoms with Crippen molar-refractivity contribution in [3.05, 3.63) is 0 Å². The zero-order valence-corrected chi connectivity index (χ0v) is 6.52. The fourth-order valence-corrected chi connectivity index (χ4v) is 1.39. The van der Waals surface area contributed by atoms with E-state index in [9.17, 15) is 4.79 Å². The van der Waals surface area contributed by atoms with Gasteiger partial charge in [0.15, 0.2) is 0 Å². The lowest BCUT2D eigenvalue weighted by Gasteiger charge is -2.07. The molecule has 0 aromatic heterocycles. The summed E-state index contributed by atoms with van der Waals surface area (Å²) in [5.41, 5.74) is 0. The zero-order valence-electron chi connectivity index (χ0n) is 6.52. The molecule has 1 amide bonds. The monoisotopic (exact) mass is 141 g/mol. The van der Waals surface area contributed by atoms with Crippen LogP contribution in [0.25, 0.3) is 0 Å². The Bertz CT molecular complexity index is 122. The Hall–Kier alpha value is -0.530. The zero-order chi connectivity index (χ0) is 7.40. The molecule has 0 aromatic rings. The van der Waals surface area contributed by atoms with Crippen LogP contribution >= 0.6 is 0 Å². The molecule has 2 heteroatoms. The molecule has 1 saturated heterocycles. The predicted octanol–water partition coefficient (Wildman–Crippen LogP) is 1.31. The first-order chi connectivity index (χ1) is 4.83. The average Bonchev–Trinajstić information content (AvgIpc) is 2.14. The van der Waals surface area contributed by atoms with E-state index in [0.29, 0.717) is 0 Å². The first-order valence-electron chi connectivity index (χ1n) is 4.09. The second kappa shape index (κ2) is 3.59. The number of nitrogens with one attached hydrogen (secondary N) is 1. The van der Waals surface area contributed by atoms with Crippen molar-refractivity contribution < 1.29 is 4.79 Å². The summed E-state index contributed by atoms with van der Waals surface area (Å²) in [4.78, 5) is 10.8. The van der Waals surface area contributed by atoms with E-state index in [1.165, 1.54) is 12.8 Å². The number of rotatable bonds is 1. The van der Waals surface area contributed by atoms with Gasteiger partial charge in [-0.15, -0.1) is 0 Å². The Labute approximate surface area is 62.0 Å². The summed E-state index contributed by atoms with van der Waals surface area (Å²) in [5.74, 6) is 1.01. The van der Waals surface area contributed by atoms with Crippen LogP contribution in [-0.2, 0) is 4.79 Å². The molecule has 0 aromatic carbocycles. The molecule has 2 nitrogen and oxygen atoms in total. The lowest BCUT2D eigenvalue weighted by Crippen LogP contribution is -2.21. The summed E-state index contributed by atoms with van der Waals surface area (Å²) < 4.78 is 0. The Morgan fingerprint density at radius 1 is 1.60 bits per heavy atom. The minimum absolute atomic E-state index is 0.232. The van der Waals surface area contributed by atoms with Crippen LogP contribution in [-0.4, -0.2) is 12.5 Å². The van der Waals surface area contributed by atoms with Gasteiger partial charge in [0.1, 0.15) is 0 Å². The standard InChI is InChI=1S/C8H15NO/c1-2-7-3-4-8(10)9-6-5-7/h7H,2-6H2,1H3,(H,9,10)/t7-/m0/s1. The summed E-state index contributed by atoms with van der Waals surface area (Å²) in [5, 5.41) is 2.87. The maximum atomic E-state index is 10.8. The highest BCUT2D eigenvalue weighted by Gasteiger charge is 2.13. The summed E-state index contributed by atoms with van der Waals surface area (Å²) >= 11 is 0. The molecule has 10 heavy (non-hydrogen) atoms. The van der Waals surface area contributed by atoms with Gasteiger partial charge >= 0.3 is 0 Å². The molecule has 1 aliphatic heterocycles. The molecule has 0 bridgehead atoms. The van der Waals surface area contributed by atoms with Crippen molar-refractivity contribution in [1.82, 2.24) is 5.32 Å². The number of carbonyl (C=O) groups excluding carboxylic acids is 1. The van der Waals surface area contributed by atoms with Crippen molar-refractivity contribution in [2.45, 2.75) is 32.6 Å². The van der Waals surface area contributed by atoms with E-state index in [2.05, 4.69) is 12.2 Å². The van der Waals surface area contributed by atoms with Gasteiger partial charge in [0.2, 0.25) is 5.91 Å². The van der Waals surface area contributed by atoms with Crippen LogP contribution < -0.4 is 5.32 Å². The highest BCUT2D eigenvalue weighted by atomic mass is 16.1. The Balaban J connectivity index is 2.33. The van der Waals surface area contributed by atoms with Crippen molar-refractivity contribution in [3.8, 4) is 0 Å². The number of hydrogen-bond acceptors (Lipinski definition) is 1. The largest absolute Gasteiger partial charge is 0.356 e. The summed E-state index contributed by atoms with van der Waals surface area (Å²) in [6, 6.07) is 0. The van der Waals surface area contributed by atoms with Crippen LogP contribution in [0.15, 0.2) is 0 Å². The lowest BCUT2D eigenvalue weighted by molar-refractivity contribution is -0.120. The molecule has 1 aliphatic rings. The first-order valence-corrected chi connectivity index (χ1v) is 4.09. The van der Waals surface area contributed by atoms with E-state index >= 15 is 0 Å². The molecule has 0 unspecified atom stereocenters. The minimum atomic E-state index is 0.232. The predicted molar refractivity (Wildman–Crippen MR) is 40.6 cm³/mol. The van der Waals surface area contributed by atoms with Crippen LogP contribution in [0.3, 0.4) is 0 Å². The van der Waals surface area contributed by atoms with E-state index in [1.807, 2.05) is 0 Å². The molecule has 1 N–H and O–H groups in total. The molecule has 0 saturated carbocycles. The quantitative estimate of drug-likeness (QED) is 0.586. The van der Waals surface area contributed by atoms with Crippen LogP contribution in [0.4, 0.5) is 0 Å². The van der Waals surface area contributed by atoms with Gasteiger partial charge in [-0.1, -0.05) is 13.3 Å². The smallest absolute Gasteiger partial charge is 0.220 e. The third kappa shape index (κ3) is 2.01. The normalized spacial score (nSPS) is 27.3. The van der Waals surface area contributed by atoms with E-state index in [4.69, 9.17) is 0 Å². The van der Waals surface area contributed by atoms with Crippen LogP contribution in [0, 0.1) is 5.92 Å². The molecule has 1 rings (SSSR count). The van der Waals surface area contributed by atoms with Crippen molar-refractivity contribution in [1.29, 1.82) is 0 Å². The molecule has 0 radical (unpaired) electrons. The van der Waals surface area contributed by atoms with Crippen molar-refractivity contribution in [3.63, 3.8) is 0 Å². The van der Waals surface area contributed by atoms with E-state index in [-0.39, 0.29) is 5.91 Å². The molecule has 1 fully saturated rings. The highest BCUT2D eigenvalue weighted by molar-refractivity contribution is 5.76. The van der Waals surface area contributed by atoms with Gasteiger partial charge in [-0.3, -0.25) is 4.79 Å². The summed E-state index contributed by atoms with van der Waals surface area (Å²) in [6.45, 7) is 3.08. The number of amides is 1. The number of hydrogen-bond donors (Lipinski definition) is 1. The third-order valence-electron chi connectivity index (χ3n) is 2.23. The van der Waals surface area contributed by atoms with Gasteiger partial charge in [0.05, 0.1) is 0 Å². The van der Waals surface area contributed by atoms with Crippen LogP contribution in [0.1, 0.15) is 32.6 Å². The van der Waals surface area contributed by atoms with Crippen molar-refractivity contribution in [2.24, 2.45) is 5.92 Å². The van der Waals surface area contributed by atoms with Crippen molar-refractivity contribution >= 4 is 5.91 Å². The minimum Gasteiger partial charge on any atom is -0.356 e. The summed E-state index contributed by atoms with van der Waals surface area (Å²) in [7, 11) is 0. The maximum absolute atomic E-state index is 10.8. The number of carbonyl (C=O) groups is 1. The lowest BCUT2D eigenvalue weighted by atomic mass is 9.98. The van der Waals surface area contributed by atoms with Gasteiger partial charge in [-0.05, 0) is 18.8 Å². The van der Waals surface area contributed by atoms with E-state index in [1.54, 1.807) is 0 Å². The molecule has 1 atom stereocenters. The van der Waals surface area contributed by atoms with Gasteiger partial charge in [-0.25, -0.2) is 0 Å². The molecule has 0 spiro atoms.